The van der Waals surface area contributed by atoms with E-state index >= 15 is 0 Å². The molecule has 17 heavy (non-hydrogen) atoms. The van der Waals surface area contributed by atoms with Gasteiger partial charge in [-0.2, -0.15) is 0 Å². The standard InChI is InChI=1S/C12H24N2O3/c13-5-7-17-6-4-12(16)14-8-10-2-1-3-11(10)9-15/h10-11,15H,1-9,13H2,(H,14,16). The minimum Gasteiger partial charge on any atom is -0.396 e. The van der Waals surface area contributed by atoms with Gasteiger partial charge in [0.1, 0.15) is 0 Å². The van der Waals surface area contributed by atoms with Gasteiger partial charge >= 0.3 is 0 Å². The van der Waals surface area contributed by atoms with Crippen LogP contribution in [0.3, 0.4) is 0 Å². The molecule has 1 amide bonds. The third-order valence-corrected chi connectivity index (χ3v) is 3.35. The summed E-state index contributed by atoms with van der Waals surface area (Å²) in [5, 5.41) is 12.1. The maximum Gasteiger partial charge on any atom is 0.222 e. The van der Waals surface area contributed by atoms with Gasteiger partial charge in [-0.15, -0.1) is 0 Å². The van der Waals surface area contributed by atoms with Crippen molar-refractivity contribution >= 4 is 5.91 Å². The minimum absolute atomic E-state index is 0.0191. The Morgan fingerprint density at radius 2 is 2.12 bits per heavy atom. The van der Waals surface area contributed by atoms with E-state index in [2.05, 4.69) is 5.32 Å². The van der Waals surface area contributed by atoms with Gasteiger partial charge in [-0.1, -0.05) is 6.42 Å². The Balaban J connectivity index is 2.06. The van der Waals surface area contributed by atoms with Gasteiger partial charge in [-0.05, 0) is 24.7 Å². The highest BCUT2D eigenvalue weighted by Gasteiger charge is 2.26. The highest BCUT2D eigenvalue weighted by atomic mass is 16.5. The first kappa shape index (κ1) is 14.4. The van der Waals surface area contributed by atoms with E-state index < -0.39 is 0 Å². The molecule has 0 aromatic heterocycles. The summed E-state index contributed by atoms with van der Waals surface area (Å²) in [6.45, 7) is 2.34. The summed E-state index contributed by atoms with van der Waals surface area (Å²) in [5.41, 5.74) is 5.27. The molecule has 0 radical (unpaired) electrons. The van der Waals surface area contributed by atoms with E-state index in [4.69, 9.17) is 15.6 Å². The van der Waals surface area contributed by atoms with E-state index in [0.717, 1.165) is 19.3 Å². The molecule has 4 N–H and O–H groups in total. The number of nitrogens with two attached hydrogens (primary N) is 1. The fourth-order valence-corrected chi connectivity index (χ4v) is 2.31. The van der Waals surface area contributed by atoms with E-state index in [1.165, 1.54) is 0 Å². The van der Waals surface area contributed by atoms with Crippen molar-refractivity contribution in [3.63, 3.8) is 0 Å². The number of nitrogens with one attached hydrogen (secondary N) is 1. The minimum atomic E-state index is 0.0191. The molecule has 5 heteroatoms. The van der Waals surface area contributed by atoms with Crippen molar-refractivity contribution in [2.24, 2.45) is 17.6 Å². The Morgan fingerprint density at radius 1 is 1.35 bits per heavy atom. The molecule has 0 spiro atoms. The van der Waals surface area contributed by atoms with Crippen LogP contribution in [0.15, 0.2) is 0 Å². The number of aliphatic hydroxyl groups excluding tert-OH is 1. The molecule has 2 atom stereocenters. The van der Waals surface area contributed by atoms with E-state index in [9.17, 15) is 4.79 Å². The van der Waals surface area contributed by atoms with Gasteiger partial charge in [0.15, 0.2) is 0 Å². The molecule has 0 aliphatic heterocycles. The molecule has 1 aliphatic rings. The van der Waals surface area contributed by atoms with Crippen LogP contribution in [0.5, 0.6) is 0 Å². The van der Waals surface area contributed by atoms with Gasteiger partial charge in [-0.3, -0.25) is 4.79 Å². The topological polar surface area (TPSA) is 84.6 Å². The molecule has 1 saturated carbocycles. The third-order valence-electron chi connectivity index (χ3n) is 3.35. The first-order valence-electron chi connectivity index (χ1n) is 6.43. The molecule has 1 aliphatic carbocycles. The van der Waals surface area contributed by atoms with Crippen LogP contribution < -0.4 is 11.1 Å². The number of aliphatic hydroxyl groups is 1. The molecule has 5 nitrogen and oxygen atoms in total. The Hall–Kier alpha value is -0.650. The fraction of sp³-hybridized carbons (Fsp3) is 0.917. The molecule has 0 bridgehead atoms. The van der Waals surface area contributed by atoms with Crippen LogP contribution in [0.2, 0.25) is 0 Å². The first-order chi connectivity index (χ1) is 8.27. The lowest BCUT2D eigenvalue weighted by molar-refractivity contribution is -0.122. The number of amides is 1. The van der Waals surface area contributed by atoms with Crippen LogP contribution >= 0.6 is 0 Å². The zero-order valence-corrected chi connectivity index (χ0v) is 10.4. The van der Waals surface area contributed by atoms with Crippen molar-refractivity contribution < 1.29 is 14.6 Å². The van der Waals surface area contributed by atoms with Crippen LogP contribution in [-0.4, -0.2) is 43.9 Å². The second-order valence-electron chi connectivity index (χ2n) is 4.59. The SMILES string of the molecule is NCCOCCC(=O)NCC1CCCC1CO. The number of hydrogen-bond acceptors (Lipinski definition) is 4. The van der Waals surface area contributed by atoms with Crippen LogP contribution in [-0.2, 0) is 9.53 Å². The van der Waals surface area contributed by atoms with Crippen LogP contribution in [0.4, 0.5) is 0 Å². The number of ether oxygens (including phenoxy) is 1. The second kappa shape index (κ2) is 8.44. The highest BCUT2D eigenvalue weighted by molar-refractivity contribution is 5.75. The van der Waals surface area contributed by atoms with Gasteiger partial charge in [0, 0.05) is 26.1 Å². The van der Waals surface area contributed by atoms with Crippen molar-refractivity contribution in [2.45, 2.75) is 25.7 Å². The largest absolute Gasteiger partial charge is 0.396 e. The molecule has 1 rings (SSSR count). The highest BCUT2D eigenvalue weighted by Crippen LogP contribution is 2.30. The predicted octanol–water partition coefficient (Wildman–Crippen LogP) is -0.123. The summed E-state index contributed by atoms with van der Waals surface area (Å²) in [6.07, 6.45) is 3.73. The molecule has 0 aromatic carbocycles. The summed E-state index contributed by atoms with van der Waals surface area (Å²) in [7, 11) is 0. The van der Waals surface area contributed by atoms with E-state index in [0.29, 0.717) is 44.6 Å². The lowest BCUT2D eigenvalue weighted by atomic mass is 9.97. The van der Waals surface area contributed by atoms with E-state index in [1.807, 2.05) is 0 Å². The maximum atomic E-state index is 11.5. The average molecular weight is 244 g/mol. The quantitative estimate of drug-likeness (QED) is 0.520. The van der Waals surface area contributed by atoms with Crippen molar-refractivity contribution in [2.75, 3.05) is 32.9 Å². The van der Waals surface area contributed by atoms with Crippen LogP contribution in [0, 0.1) is 11.8 Å². The monoisotopic (exact) mass is 244 g/mol. The summed E-state index contributed by atoms with van der Waals surface area (Å²) in [6, 6.07) is 0. The average Bonchev–Trinajstić information content (AvgIpc) is 2.79. The number of carbonyl (C=O) groups is 1. The Labute approximate surface area is 103 Å². The van der Waals surface area contributed by atoms with Crippen molar-refractivity contribution in [1.82, 2.24) is 5.32 Å². The predicted molar refractivity (Wildman–Crippen MR) is 65.4 cm³/mol. The second-order valence-corrected chi connectivity index (χ2v) is 4.59. The van der Waals surface area contributed by atoms with Gasteiger partial charge in [0.05, 0.1) is 13.2 Å². The van der Waals surface area contributed by atoms with Crippen molar-refractivity contribution in [3.8, 4) is 0 Å². The first-order valence-corrected chi connectivity index (χ1v) is 6.43. The maximum absolute atomic E-state index is 11.5. The smallest absolute Gasteiger partial charge is 0.222 e. The summed E-state index contributed by atoms with van der Waals surface area (Å²) in [5.74, 6) is 0.823. The molecule has 100 valence electrons. The Morgan fingerprint density at radius 3 is 2.82 bits per heavy atom. The van der Waals surface area contributed by atoms with Gasteiger partial charge in [0.25, 0.3) is 0 Å². The van der Waals surface area contributed by atoms with E-state index in [-0.39, 0.29) is 12.5 Å². The van der Waals surface area contributed by atoms with Crippen LogP contribution in [0.1, 0.15) is 25.7 Å². The zero-order chi connectivity index (χ0) is 12.5. The fourth-order valence-electron chi connectivity index (χ4n) is 2.31. The summed E-state index contributed by atoms with van der Waals surface area (Å²) < 4.78 is 5.14. The lowest BCUT2D eigenvalue weighted by Crippen LogP contribution is -2.32. The summed E-state index contributed by atoms with van der Waals surface area (Å²) in [4.78, 5) is 11.5. The lowest BCUT2D eigenvalue weighted by Gasteiger charge is -2.17. The molecule has 2 unspecified atom stereocenters. The molecular formula is C12H24N2O3. The third kappa shape index (κ3) is 5.48. The normalized spacial score (nSPS) is 23.9. The summed E-state index contributed by atoms with van der Waals surface area (Å²) >= 11 is 0. The zero-order valence-electron chi connectivity index (χ0n) is 10.4. The Bertz CT molecular complexity index is 224. The molecular weight excluding hydrogens is 220 g/mol. The van der Waals surface area contributed by atoms with Crippen molar-refractivity contribution in [3.05, 3.63) is 0 Å². The number of carbonyl (C=O) groups excluding carboxylic acids is 1. The molecule has 0 aromatic rings. The van der Waals surface area contributed by atoms with Gasteiger partial charge in [-0.25, -0.2) is 0 Å². The van der Waals surface area contributed by atoms with Crippen LogP contribution in [0.25, 0.3) is 0 Å². The van der Waals surface area contributed by atoms with Crippen molar-refractivity contribution in [1.29, 1.82) is 0 Å². The van der Waals surface area contributed by atoms with Gasteiger partial charge < -0.3 is 20.9 Å². The molecule has 1 fully saturated rings. The molecule has 0 heterocycles. The number of rotatable bonds is 8. The van der Waals surface area contributed by atoms with Gasteiger partial charge in [0.2, 0.25) is 5.91 Å². The number of hydrogen-bond donors (Lipinski definition) is 3. The van der Waals surface area contributed by atoms with E-state index in [1.54, 1.807) is 0 Å². The molecule has 0 saturated heterocycles. The Kier molecular flexibility index (Phi) is 7.16.